The molecule has 3 aromatic carbocycles. The van der Waals surface area contributed by atoms with Crippen LogP contribution in [0.3, 0.4) is 0 Å². The number of fused-ring (bicyclic) bond motifs is 1. The maximum atomic E-state index is 13.5. The van der Waals surface area contributed by atoms with Crippen LogP contribution in [0.15, 0.2) is 91.3 Å². The number of nitrogens with zero attached hydrogens (tertiary/aromatic N) is 3. The SMILES string of the molecule is Cn1ccnc1C(=O)c1ccc(NC(=O)C(Cc2ccccc2)N2C(=O)c3ccccc3C2=O)cc1. The molecular weight excluding hydrogens is 456 g/mol. The van der Waals surface area contributed by atoms with E-state index in [0.29, 0.717) is 17.1 Å². The predicted molar refractivity (Wildman–Crippen MR) is 133 cm³/mol. The Balaban J connectivity index is 1.40. The molecular formula is C28H22N4O4. The van der Waals surface area contributed by atoms with Crippen molar-refractivity contribution in [2.45, 2.75) is 12.5 Å². The maximum Gasteiger partial charge on any atom is 0.262 e. The van der Waals surface area contributed by atoms with E-state index >= 15 is 0 Å². The minimum Gasteiger partial charge on any atom is -0.331 e. The first-order valence-corrected chi connectivity index (χ1v) is 11.4. The van der Waals surface area contributed by atoms with Crippen LogP contribution in [0.25, 0.3) is 0 Å². The second kappa shape index (κ2) is 9.42. The van der Waals surface area contributed by atoms with Gasteiger partial charge in [0.2, 0.25) is 11.7 Å². The van der Waals surface area contributed by atoms with Crippen molar-refractivity contribution in [3.05, 3.63) is 119 Å². The molecule has 1 N–H and O–H groups in total. The Labute approximate surface area is 207 Å². The van der Waals surface area contributed by atoms with Crippen molar-refractivity contribution in [3.8, 4) is 0 Å². The van der Waals surface area contributed by atoms with E-state index in [-0.39, 0.29) is 23.3 Å². The number of nitrogens with one attached hydrogen (secondary N) is 1. The van der Waals surface area contributed by atoms with Crippen molar-refractivity contribution >= 4 is 29.2 Å². The molecule has 0 saturated heterocycles. The zero-order valence-electron chi connectivity index (χ0n) is 19.4. The van der Waals surface area contributed by atoms with Gasteiger partial charge in [-0.3, -0.25) is 24.1 Å². The number of anilines is 1. The lowest BCUT2D eigenvalue weighted by molar-refractivity contribution is -0.119. The molecule has 36 heavy (non-hydrogen) atoms. The molecule has 0 aliphatic carbocycles. The number of carbonyl (C=O) groups excluding carboxylic acids is 4. The molecule has 3 amide bonds. The van der Waals surface area contributed by atoms with E-state index in [2.05, 4.69) is 10.3 Å². The largest absolute Gasteiger partial charge is 0.331 e. The molecule has 1 aliphatic heterocycles. The number of hydrogen-bond acceptors (Lipinski definition) is 5. The summed E-state index contributed by atoms with van der Waals surface area (Å²) < 4.78 is 1.63. The van der Waals surface area contributed by atoms with Crippen LogP contribution in [0.4, 0.5) is 5.69 Å². The van der Waals surface area contributed by atoms with Crippen LogP contribution in [0, 0.1) is 0 Å². The van der Waals surface area contributed by atoms with Crippen molar-refractivity contribution in [1.29, 1.82) is 0 Å². The average molecular weight is 479 g/mol. The number of hydrogen-bond donors (Lipinski definition) is 1. The third-order valence-corrected chi connectivity index (χ3v) is 6.15. The van der Waals surface area contributed by atoms with Crippen molar-refractivity contribution < 1.29 is 19.2 Å². The average Bonchev–Trinajstić information content (AvgIpc) is 3.44. The lowest BCUT2D eigenvalue weighted by Gasteiger charge is -2.25. The molecule has 8 heteroatoms. The normalized spacial score (nSPS) is 13.4. The minimum atomic E-state index is -1.06. The van der Waals surface area contributed by atoms with E-state index in [1.54, 1.807) is 72.5 Å². The van der Waals surface area contributed by atoms with Gasteiger partial charge in [0.25, 0.3) is 11.8 Å². The highest BCUT2D eigenvalue weighted by molar-refractivity contribution is 6.23. The second-order valence-corrected chi connectivity index (χ2v) is 8.49. The van der Waals surface area contributed by atoms with Gasteiger partial charge in [-0.2, -0.15) is 0 Å². The first kappa shape index (κ1) is 22.9. The first-order chi connectivity index (χ1) is 17.4. The zero-order chi connectivity index (χ0) is 25.2. The van der Waals surface area contributed by atoms with Gasteiger partial charge in [0.15, 0.2) is 5.82 Å². The highest BCUT2D eigenvalue weighted by Gasteiger charge is 2.42. The molecule has 8 nitrogen and oxygen atoms in total. The molecule has 5 rings (SSSR count). The summed E-state index contributed by atoms with van der Waals surface area (Å²) in [6, 6.07) is 21.1. The number of imide groups is 1. The number of aromatic nitrogens is 2. The summed E-state index contributed by atoms with van der Waals surface area (Å²) >= 11 is 0. The van der Waals surface area contributed by atoms with Crippen molar-refractivity contribution in [3.63, 3.8) is 0 Å². The first-order valence-electron chi connectivity index (χ1n) is 11.4. The molecule has 0 bridgehead atoms. The summed E-state index contributed by atoms with van der Waals surface area (Å²) in [4.78, 5) is 57.5. The van der Waals surface area contributed by atoms with Gasteiger partial charge in [-0.05, 0) is 42.0 Å². The third-order valence-electron chi connectivity index (χ3n) is 6.15. The Hall–Kier alpha value is -4.85. The Kier molecular flexibility index (Phi) is 6.00. The highest BCUT2D eigenvalue weighted by Crippen LogP contribution is 2.27. The van der Waals surface area contributed by atoms with E-state index in [9.17, 15) is 19.2 Å². The Morgan fingerprint density at radius 1 is 0.861 bits per heavy atom. The molecule has 0 radical (unpaired) electrons. The summed E-state index contributed by atoms with van der Waals surface area (Å²) in [5.74, 6) is -1.43. The third kappa shape index (κ3) is 4.20. The van der Waals surface area contributed by atoms with Crippen LogP contribution in [0.5, 0.6) is 0 Å². The number of carbonyl (C=O) groups is 4. The molecule has 1 atom stereocenters. The van der Waals surface area contributed by atoms with E-state index in [0.717, 1.165) is 10.5 Å². The van der Waals surface area contributed by atoms with Crippen LogP contribution in [0.1, 0.15) is 42.5 Å². The summed E-state index contributed by atoms with van der Waals surface area (Å²) in [7, 11) is 1.74. The van der Waals surface area contributed by atoms with Gasteiger partial charge < -0.3 is 9.88 Å². The molecule has 1 unspecified atom stereocenters. The Bertz CT molecular complexity index is 1440. The van der Waals surface area contributed by atoms with E-state index < -0.39 is 23.8 Å². The number of ketones is 1. The molecule has 2 heterocycles. The van der Waals surface area contributed by atoms with E-state index in [1.165, 1.54) is 0 Å². The fourth-order valence-corrected chi connectivity index (χ4v) is 4.27. The van der Waals surface area contributed by atoms with Crippen LogP contribution in [0.2, 0.25) is 0 Å². The standard InChI is InChI=1S/C28H22N4O4/c1-31-16-15-29-25(31)24(33)19-11-13-20(14-12-19)30-26(34)23(17-18-7-3-2-4-8-18)32-27(35)21-9-5-6-10-22(21)28(32)36/h2-16,23H,17H2,1H3,(H,30,34). The van der Waals surface area contributed by atoms with Crippen molar-refractivity contribution in [2.24, 2.45) is 7.05 Å². The van der Waals surface area contributed by atoms with Crippen LogP contribution < -0.4 is 5.32 Å². The van der Waals surface area contributed by atoms with Gasteiger partial charge in [0.05, 0.1) is 11.1 Å². The van der Waals surface area contributed by atoms with Crippen molar-refractivity contribution in [2.75, 3.05) is 5.32 Å². The highest BCUT2D eigenvalue weighted by atomic mass is 16.2. The molecule has 0 saturated carbocycles. The van der Waals surface area contributed by atoms with Gasteiger partial charge in [-0.15, -0.1) is 0 Å². The molecule has 1 aromatic heterocycles. The summed E-state index contributed by atoms with van der Waals surface area (Å²) in [6.45, 7) is 0. The van der Waals surface area contributed by atoms with Gasteiger partial charge in [-0.25, -0.2) is 4.98 Å². The number of rotatable bonds is 7. The minimum absolute atomic E-state index is 0.161. The fourth-order valence-electron chi connectivity index (χ4n) is 4.27. The fraction of sp³-hybridized carbons (Fsp3) is 0.107. The lowest BCUT2D eigenvalue weighted by Crippen LogP contribution is -2.48. The number of aryl methyl sites for hydroxylation is 1. The number of amides is 3. The molecule has 4 aromatic rings. The van der Waals surface area contributed by atoms with E-state index in [1.807, 2.05) is 30.3 Å². The quantitative estimate of drug-likeness (QED) is 0.324. The maximum absolute atomic E-state index is 13.5. The van der Waals surface area contributed by atoms with Gasteiger partial charge >= 0.3 is 0 Å². The molecule has 0 fully saturated rings. The smallest absolute Gasteiger partial charge is 0.262 e. The number of benzene rings is 3. The molecule has 0 spiro atoms. The summed E-state index contributed by atoms with van der Waals surface area (Å²) in [5.41, 5.74) is 2.23. The van der Waals surface area contributed by atoms with Crippen LogP contribution in [-0.2, 0) is 18.3 Å². The van der Waals surface area contributed by atoms with E-state index in [4.69, 9.17) is 0 Å². The van der Waals surface area contributed by atoms with Crippen LogP contribution in [-0.4, -0.2) is 44.0 Å². The van der Waals surface area contributed by atoms with Crippen LogP contribution >= 0.6 is 0 Å². The van der Waals surface area contributed by atoms with Gasteiger partial charge in [-0.1, -0.05) is 42.5 Å². The van der Waals surface area contributed by atoms with Crippen molar-refractivity contribution in [1.82, 2.24) is 14.5 Å². The van der Waals surface area contributed by atoms with Gasteiger partial charge in [0, 0.05) is 37.1 Å². The van der Waals surface area contributed by atoms with Gasteiger partial charge in [0.1, 0.15) is 6.04 Å². The Morgan fingerprint density at radius 2 is 1.47 bits per heavy atom. The number of imidazole rings is 1. The monoisotopic (exact) mass is 478 g/mol. The molecule has 1 aliphatic rings. The predicted octanol–water partition coefficient (Wildman–Crippen LogP) is 3.50. The summed E-state index contributed by atoms with van der Waals surface area (Å²) in [5, 5.41) is 2.80. The molecule has 178 valence electrons. The topological polar surface area (TPSA) is 101 Å². The Morgan fingerprint density at radius 3 is 2.06 bits per heavy atom. The summed E-state index contributed by atoms with van der Waals surface area (Å²) in [6.07, 6.45) is 3.40. The second-order valence-electron chi connectivity index (χ2n) is 8.49. The lowest BCUT2D eigenvalue weighted by atomic mass is 10.0. The zero-order valence-corrected chi connectivity index (χ0v) is 19.4.